The van der Waals surface area contributed by atoms with Crippen LogP contribution in [0.25, 0.3) is 27.7 Å². The van der Waals surface area contributed by atoms with E-state index in [1.807, 2.05) is 32.0 Å². The first-order chi connectivity index (χ1) is 20.6. The Labute approximate surface area is 255 Å². The van der Waals surface area contributed by atoms with Crippen LogP contribution in [0.3, 0.4) is 0 Å². The molecule has 4 aromatic rings. The number of aryl methyl sites for hydroxylation is 3. The maximum atomic E-state index is 15.6. The van der Waals surface area contributed by atoms with E-state index in [-0.39, 0.29) is 23.7 Å². The van der Waals surface area contributed by atoms with E-state index in [0.29, 0.717) is 65.6 Å². The number of carbonyl (C=O) groups excluding carboxylic acids is 1. The number of nitrogens with zero attached hydrogens (tertiary/aromatic N) is 5. The fraction of sp³-hybridized carbons (Fsp3) is 0.353. The van der Waals surface area contributed by atoms with Crippen molar-refractivity contribution in [3.8, 4) is 16.8 Å². The Bertz CT molecular complexity index is 1850. The summed E-state index contributed by atoms with van der Waals surface area (Å²) in [6.45, 7) is 13.1. The van der Waals surface area contributed by atoms with Gasteiger partial charge >= 0.3 is 5.69 Å². The van der Waals surface area contributed by atoms with Gasteiger partial charge in [-0.3, -0.25) is 14.3 Å². The molecule has 1 aliphatic heterocycles. The van der Waals surface area contributed by atoms with Gasteiger partial charge in [0.05, 0.1) is 16.9 Å². The van der Waals surface area contributed by atoms with Crippen LogP contribution in [0.1, 0.15) is 55.5 Å². The summed E-state index contributed by atoms with van der Waals surface area (Å²) in [5, 5.41) is 1.14. The minimum atomic E-state index is -0.431. The van der Waals surface area contributed by atoms with Crippen molar-refractivity contribution in [3.63, 3.8) is 0 Å². The molecule has 2 aliphatic rings. The van der Waals surface area contributed by atoms with E-state index in [2.05, 4.69) is 30.3 Å². The molecule has 0 N–H and O–H groups in total. The summed E-state index contributed by atoms with van der Waals surface area (Å²) in [6.07, 6.45) is 5.16. The standard InChI is InChI=1S/C34H35ClFN5O2/c1-6-27(42)39-15-16-40(21(5)18-39)33-24-17-25(35)29-23(11-7-9-22-10-8-12-26(36)28(22)29)32(24)41(34(43)38-33)31-20(4)13-14-37-30(31)19(2)3/h6,8,10,12-14,17,19,21H,1,7,9,11,15-16,18H2,2-5H3/t21-/m0/s1. The first-order valence-corrected chi connectivity index (χ1v) is 15.2. The Morgan fingerprint density at radius 1 is 1.19 bits per heavy atom. The smallest absolute Gasteiger partial charge is 0.350 e. The normalized spacial score (nSPS) is 16.7. The maximum absolute atomic E-state index is 15.6. The van der Waals surface area contributed by atoms with Crippen molar-refractivity contribution in [1.29, 1.82) is 0 Å². The number of pyridine rings is 1. The highest BCUT2D eigenvalue weighted by atomic mass is 35.5. The van der Waals surface area contributed by atoms with Gasteiger partial charge in [0.2, 0.25) is 5.91 Å². The van der Waals surface area contributed by atoms with Crippen molar-refractivity contribution in [2.75, 3.05) is 24.5 Å². The average Bonchev–Trinajstić information content (AvgIpc) is 3.18. The van der Waals surface area contributed by atoms with Gasteiger partial charge in [0, 0.05) is 53.4 Å². The summed E-state index contributed by atoms with van der Waals surface area (Å²) in [4.78, 5) is 39.9. The Morgan fingerprint density at radius 3 is 2.70 bits per heavy atom. The zero-order valence-electron chi connectivity index (χ0n) is 25.0. The number of hydrogen-bond donors (Lipinski definition) is 0. The molecule has 3 heterocycles. The second-order valence-corrected chi connectivity index (χ2v) is 12.2. The second kappa shape index (κ2) is 11.2. The van der Waals surface area contributed by atoms with E-state index < -0.39 is 5.69 Å². The number of benzene rings is 2. The van der Waals surface area contributed by atoms with Crippen molar-refractivity contribution < 1.29 is 9.18 Å². The van der Waals surface area contributed by atoms with Gasteiger partial charge < -0.3 is 9.80 Å². The van der Waals surface area contributed by atoms with Crippen LogP contribution in [0.2, 0.25) is 5.02 Å². The fourth-order valence-corrected chi connectivity index (χ4v) is 7.07. The summed E-state index contributed by atoms with van der Waals surface area (Å²) < 4.78 is 17.3. The molecule has 9 heteroatoms. The van der Waals surface area contributed by atoms with Crippen molar-refractivity contribution in [1.82, 2.24) is 19.4 Å². The van der Waals surface area contributed by atoms with E-state index in [4.69, 9.17) is 16.6 Å². The van der Waals surface area contributed by atoms with Crippen LogP contribution >= 0.6 is 11.6 Å². The summed E-state index contributed by atoms with van der Waals surface area (Å²) in [7, 11) is 0. The number of halogens is 2. The number of amides is 1. The molecule has 0 bridgehead atoms. The molecule has 2 aromatic heterocycles. The molecule has 43 heavy (non-hydrogen) atoms. The molecule has 0 spiro atoms. The molecular formula is C34H35ClFN5O2. The van der Waals surface area contributed by atoms with Crippen LogP contribution in [0.15, 0.2) is 54.0 Å². The lowest BCUT2D eigenvalue weighted by Crippen LogP contribution is -2.54. The first kappa shape index (κ1) is 29.1. The molecule has 1 amide bonds. The van der Waals surface area contributed by atoms with Gasteiger partial charge in [-0.25, -0.2) is 9.18 Å². The molecule has 1 atom stereocenters. The van der Waals surface area contributed by atoms with Crippen LogP contribution in [0, 0.1) is 12.7 Å². The van der Waals surface area contributed by atoms with E-state index in [1.165, 1.54) is 12.1 Å². The van der Waals surface area contributed by atoms with E-state index in [9.17, 15) is 9.59 Å². The van der Waals surface area contributed by atoms with Crippen molar-refractivity contribution in [3.05, 3.63) is 92.9 Å². The molecule has 7 nitrogen and oxygen atoms in total. The number of rotatable bonds is 4. The molecule has 1 aliphatic carbocycles. The highest BCUT2D eigenvalue weighted by Crippen LogP contribution is 2.45. The monoisotopic (exact) mass is 599 g/mol. The third kappa shape index (κ3) is 4.82. The van der Waals surface area contributed by atoms with Gasteiger partial charge in [-0.2, -0.15) is 4.98 Å². The van der Waals surface area contributed by atoms with Crippen molar-refractivity contribution >= 4 is 34.2 Å². The van der Waals surface area contributed by atoms with Gasteiger partial charge in [0.25, 0.3) is 0 Å². The Hall–Kier alpha value is -4.04. The zero-order valence-corrected chi connectivity index (χ0v) is 25.7. The van der Waals surface area contributed by atoms with E-state index >= 15 is 4.39 Å². The van der Waals surface area contributed by atoms with Crippen molar-refractivity contribution in [2.45, 2.75) is 58.9 Å². The number of hydrogen-bond acceptors (Lipinski definition) is 5. The largest absolute Gasteiger partial charge is 0.354 e. The predicted molar refractivity (Wildman–Crippen MR) is 170 cm³/mol. The van der Waals surface area contributed by atoms with Crippen LogP contribution in [0.5, 0.6) is 0 Å². The molecule has 1 fully saturated rings. The van der Waals surface area contributed by atoms with Gasteiger partial charge in [-0.05, 0) is 80.0 Å². The van der Waals surface area contributed by atoms with Gasteiger partial charge in [-0.15, -0.1) is 0 Å². The minimum absolute atomic E-state index is 0.0381. The quantitative estimate of drug-likeness (QED) is 0.254. The zero-order chi connectivity index (χ0) is 30.6. The maximum Gasteiger partial charge on any atom is 0.354 e. The molecule has 2 aromatic carbocycles. The lowest BCUT2D eigenvalue weighted by Gasteiger charge is -2.40. The second-order valence-electron chi connectivity index (χ2n) is 11.8. The van der Waals surface area contributed by atoms with Gasteiger partial charge in [0.15, 0.2) is 0 Å². The SMILES string of the molecule is C=CC(=O)N1CCN(c2nc(=O)n(-c3c(C)ccnc3C(C)C)c3c4c(c(Cl)cc23)-c2c(F)cccc2CCC4)[C@@H](C)C1. The van der Waals surface area contributed by atoms with E-state index in [0.717, 1.165) is 34.2 Å². The molecule has 6 rings (SSSR count). The number of fused-ring (bicyclic) bond motifs is 5. The predicted octanol–water partition coefficient (Wildman–Crippen LogP) is 6.38. The molecule has 0 unspecified atom stereocenters. The summed E-state index contributed by atoms with van der Waals surface area (Å²) in [5.74, 6) is 0.102. The molecule has 222 valence electrons. The first-order valence-electron chi connectivity index (χ1n) is 14.8. The number of carbonyl (C=O) groups is 1. The Kier molecular flexibility index (Phi) is 7.59. The third-order valence-corrected chi connectivity index (χ3v) is 9.04. The Morgan fingerprint density at radius 2 is 1.98 bits per heavy atom. The number of piperazine rings is 1. The molecular weight excluding hydrogens is 565 g/mol. The van der Waals surface area contributed by atoms with E-state index in [1.54, 1.807) is 21.7 Å². The summed E-state index contributed by atoms with van der Waals surface area (Å²) >= 11 is 7.10. The number of aromatic nitrogens is 3. The molecule has 0 saturated carbocycles. The summed E-state index contributed by atoms with van der Waals surface area (Å²) in [5.41, 5.74) is 5.49. The number of anilines is 1. The van der Waals surface area contributed by atoms with Gasteiger partial charge in [-0.1, -0.05) is 44.2 Å². The van der Waals surface area contributed by atoms with Crippen LogP contribution in [0.4, 0.5) is 10.2 Å². The molecule has 1 saturated heterocycles. The summed E-state index contributed by atoms with van der Waals surface area (Å²) in [6, 6.07) is 8.77. The topological polar surface area (TPSA) is 71.3 Å². The van der Waals surface area contributed by atoms with Crippen molar-refractivity contribution in [2.24, 2.45) is 0 Å². The highest BCUT2D eigenvalue weighted by molar-refractivity contribution is 6.35. The third-order valence-electron chi connectivity index (χ3n) is 8.74. The van der Waals surface area contributed by atoms with Gasteiger partial charge in [0.1, 0.15) is 11.6 Å². The lowest BCUT2D eigenvalue weighted by atomic mass is 9.93. The fourth-order valence-electron chi connectivity index (χ4n) is 6.75. The minimum Gasteiger partial charge on any atom is -0.350 e. The van der Waals surface area contributed by atoms with Crippen LogP contribution < -0.4 is 10.6 Å². The molecule has 0 radical (unpaired) electrons. The average molecular weight is 600 g/mol. The lowest BCUT2D eigenvalue weighted by molar-refractivity contribution is -0.126. The van der Waals surface area contributed by atoms with Crippen LogP contribution in [-0.2, 0) is 17.6 Å². The highest BCUT2D eigenvalue weighted by Gasteiger charge is 2.32. The van der Waals surface area contributed by atoms with Crippen LogP contribution in [-0.4, -0.2) is 51.0 Å². The Balaban J connectivity index is 1.72.